The first-order valence-electron chi connectivity index (χ1n) is 6.93. The maximum atomic E-state index is 12.1. The molecule has 0 fully saturated rings. The highest BCUT2D eigenvalue weighted by Crippen LogP contribution is 2.22. The molecule has 0 bridgehead atoms. The number of nitrogens with one attached hydrogen (secondary N) is 1. The van der Waals surface area contributed by atoms with Gasteiger partial charge in [-0.05, 0) is 12.1 Å². The summed E-state index contributed by atoms with van der Waals surface area (Å²) < 4.78 is 4.84. The van der Waals surface area contributed by atoms with Crippen LogP contribution < -0.4 is 5.32 Å². The SMILES string of the molecule is COCCNC(=O)CSCCN1C(=O)c2ccccc2C1=O. The third kappa shape index (κ3) is 3.86. The number of nitrogens with zero attached hydrogens (tertiary/aromatic N) is 1. The minimum atomic E-state index is -0.259. The van der Waals surface area contributed by atoms with Gasteiger partial charge in [-0.25, -0.2) is 0 Å². The van der Waals surface area contributed by atoms with Gasteiger partial charge in [0.05, 0.1) is 23.5 Å². The lowest BCUT2D eigenvalue weighted by atomic mass is 10.1. The van der Waals surface area contributed by atoms with E-state index in [0.29, 0.717) is 42.3 Å². The van der Waals surface area contributed by atoms with Crippen molar-refractivity contribution in [3.05, 3.63) is 35.4 Å². The van der Waals surface area contributed by atoms with Crippen molar-refractivity contribution in [2.24, 2.45) is 0 Å². The van der Waals surface area contributed by atoms with Crippen LogP contribution in [0, 0.1) is 0 Å². The van der Waals surface area contributed by atoms with Gasteiger partial charge in [0.25, 0.3) is 11.8 Å². The Balaban J connectivity index is 1.74. The molecule has 0 radical (unpaired) electrons. The maximum Gasteiger partial charge on any atom is 0.261 e. The number of ether oxygens (including phenoxy) is 1. The summed E-state index contributed by atoms with van der Waals surface area (Å²) in [5, 5.41) is 2.71. The van der Waals surface area contributed by atoms with Crippen molar-refractivity contribution in [2.45, 2.75) is 0 Å². The number of carbonyl (C=O) groups excluding carboxylic acids is 3. The fourth-order valence-electron chi connectivity index (χ4n) is 2.11. The van der Waals surface area contributed by atoms with E-state index < -0.39 is 0 Å². The van der Waals surface area contributed by atoms with Crippen molar-refractivity contribution < 1.29 is 19.1 Å². The molecule has 1 aromatic carbocycles. The van der Waals surface area contributed by atoms with E-state index >= 15 is 0 Å². The molecule has 1 N–H and O–H groups in total. The zero-order valence-corrected chi connectivity index (χ0v) is 13.1. The molecule has 0 unspecified atom stereocenters. The van der Waals surface area contributed by atoms with E-state index in [2.05, 4.69) is 5.32 Å². The van der Waals surface area contributed by atoms with Crippen LogP contribution in [0.15, 0.2) is 24.3 Å². The number of amides is 3. The summed E-state index contributed by atoms with van der Waals surface area (Å²) in [6, 6.07) is 6.80. The monoisotopic (exact) mass is 322 g/mol. The number of hydrogen-bond donors (Lipinski definition) is 1. The normalized spacial score (nSPS) is 13.4. The average Bonchev–Trinajstić information content (AvgIpc) is 2.77. The van der Waals surface area contributed by atoms with Gasteiger partial charge >= 0.3 is 0 Å². The smallest absolute Gasteiger partial charge is 0.261 e. The number of rotatable bonds is 8. The van der Waals surface area contributed by atoms with Crippen LogP contribution in [0.3, 0.4) is 0 Å². The molecule has 118 valence electrons. The zero-order valence-electron chi connectivity index (χ0n) is 12.3. The summed E-state index contributed by atoms with van der Waals surface area (Å²) >= 11 is 1.39. The number of imide groups is 1. The largest absolute Gasteiger partial charge is 0.383 e. The van der Waals surface area contributed by atoms with E-state index in [9.17, 15) is 14.4 Å². The quantitative estimate of drug-likeness (QED) is 0.565. The zero-order chi connectivity index (χ0) is 15.9. The summed E-state index contributed by atoms with van der Waals surface area (Å²) in [6.45, 7) is 1.27. The van der Waals surface area contributed by atoms with Crippen LogP contribution in [0.4, 0.5) is 0 Å². The van der Waals surface area contributed by atoms with E-state index in [4.69, 9.17) is 4.74 Å². The second kappa shape index (κ2) is 7.95. The Bertz CT molecular complexity index is 541. The predicted octanol–water partition coefficient (Wildman–Crippen LogP) is 0.778. The highest BCUT2D eigenvalue weighted by molar-refractivity contribution is 7.99. The lowest BCUT2D eigenvalue weighted by Crippen LogP contribution is -2.32. The molecule has 1 aromatic rings. The fraction of sp³-hybridized carbons (Fsp3) is 0.400. The lowest BCUT2D eigenvalue weighted by molar-refractivity contribution is -0.118. The number of methoxy groups -OCH3 is 1. The Morgan fingerprint density at radius 3 is 2.45 bits per heavy atom. The van der Waals surface area contributed by atoms with E-state index in [0.717, 1.165) is 0 Å². The maximum absolute atomic E-state index is 12.1. The molecule has 0 atom stereocenters. The van der Waals surface area contributed by atoms with Gasteiger partial charge in [-0.3, -0.25) is 19.3 Å². The summed E-state index contributed by atoms with van der Waals surface area (Å²) in [6.07, 6.45) is 0. The molecule has 1 aliphatic heterocycles. The van der Waals surface area contributed by atoms with Gasteiger partial charge in [0.1, 0.15) is 0 Å². The predicted molar refractivity (Wildman–Crippen MR) is 84.0 cm³/mol. The summed E-state index contributed by atoms with van der Waals surface area (Å²) in [5.74, 6) is 0.233. The molecule has 0 saturated heterocycles. The van der Waals surface area contributed by atoms with Gasteiger partial charge in [0.2, 0.25) is 5.91 Å². The Hall–Kier alpha value is -1.86. The highest BCUT2D eigenvalue weighted by atomic mass is 32.2. The molecular weight excluding hydrogens is 304 g/mol. The van der Waals surface area contributed by atoms with Gasteiger partial charge in [-0.15, -0.1) is 0 Å². The summed E-state index contributed by atoms with van der Waals surface area (Å²) in [7, 11) is 1.57. The molecule has 7 heteroatoms. The summed E-state index contributed by atoms with van der Waals surface area (Å²) in [5.41, 5.74) is 0.907. The highest BCUT2D eigenvalue weighted by Gasteiger charge is 2.34. The Kier molecular flexibility index (Phi) is 5.97. The number of hydrogen-bond acceptors (Lipinski definition) is 5. The van der Waals surface area contributed by atoms with Crippen LogP contribution in [0.1, 0.15) is 20.7 Å². The molecule has 0 spiro atoms. The molecule has 3 amide bonds. The first kappa shape index (κ1) is 16.5. The molecule has 6 nitrogen and oxygen atoms in total. The van der Waals surface area contributed by atoms with Crippen LogP contribution in [-0.2, 0) is 9.53 Å². The standard InChI is InChI=1S/C15H18N2O4S/c1-21-8-6-16-13(18)10-22-9-7-17-14(19)11-4-2-3-5-12(11)15(17)20/h2-5H,6-10H2,1H3,(H,16,18). The number of thioether (sulfide) groups is 1. The van der Waals surface area contributed by atoms with Gasteiger partial charge < -0.3 is 10.1 Å². The van der Waals surface area contributed by atoms with Crippen LogP contribution in [-0.4, -0.2) is 60.9 Å². The third-order valence-electron chi connectivity index (χ3n) is 3.20. The number of fused-ring (bicyclic) bond motifs is 1. The van der Waals surface area contributed by atoms with E-state index in [1.54, 1.807) is 31.4 Å². The summed E-state index contributed by atoms with van der Waals surface area (Å²) in [4.78, 5) is 36.9. The third-order valence-corrected chi connectivity index (χ3v) is 4.14. The van der Waals surface area contributed by atoms with Gasteiger partial charge in [-0.1, -0.05) is 12.1 Å². The molecular formula is C15H18N2O4S. The van der Waals surface area contributed by atoms with Crippen molar-refractivity contribution in [1.82, 2.24) is 10.2 Å². The lowest BCUT2D eigenvalue weighted by Gasteiger charge is -2.13. The Labute approximate surface area is 133 Å². The molecule has 22 heavy (non-hydrogen) atoms. The molecule has 0 aliphatic carbocycles. The molecule has 0 saturated carbocycles. The van der Waals surface area contributed by atoms with Crippen LogP contribution >= 0.6 is 11.8 Å². The number of benzene rings is 1. The van der Waals surface area contributed by atoms with Gasteiger partial charge in [0.15, 0.2) is 0 Å². The van der Waals surface area contributed by atoms with Crippen molar-refractivity contribution in [2.75, 3.05) is 38.3 Å². The molecule has 1 heterocycles. The second-order valence-corrected chi connectivity index (χ2v) is 5.81. The van der Waals surface area contributed by atoms with Crippen molar-refractivity contribution in [1.29, 1.82) is 0 Å². The van der Waals surface area contributed by atoms with E-state index in [-0.39, 0.29) is 17.7 Å². The van der Waals surface area contributed by atoms with Crippen molar-refractivity contribution in [3.63, 3.8) is 0 Å². The topological polar surface area (TPSA) is 75.7 Å². The minimum Gasteiger partial charge on any atom is -0.383 e. The first-order chi connectivity index (χ1) is 10.6. The average molecular weight is 322 g/mol. The Morgan fingerprint density at radius 2 is 1.86 bits per heavy atom. The Morgan fingerprint density at radius 1 is 1.23 bits per heavy atom. The van der Waals surface area contributed by atoms with Crippen molar-refractivity contribution in [3.8, 4) is 0 Å². The fourth-order valence-corrected chi connectivity index (χ4v) is 2.85. The molecule has 1 aliphatic rings. The van der Waals surface area contributed by atoms with Crippen molar-refractivity contribution >= 4 is 29.5 Å². The second-order valence-electron chi connectivity index (χ2n) is 4.70. The molecule has 0 aromatic heterocycles. The molecule has 2 rings (SSSR count). The van der Waals surface area contributed by atoms with Gasteiger partial charge in [0, 0.05) is 26.0 Å². The van der Waals surface area contributed by atoms with E-state index in [1.165, 1.54) is 16.7 Å². The van der Waals surface area contributed by atoms with E-state index in [1.807, 2.05) is 0 Å². The van der Waals surface area contributed by atoms with Crippen LogP contribution in [0.25, 0.3) is 0 Å². The van der Waals surface area contributed by atoms with Crippen LogP contribution in [0.5, 0.6) is 0 Å². The minimum absolute atomic E-state index is 0.0792. The van der Waals surface area contributed by atoms with Gasteiger partial charge in [-0.2, -0.15) is 11.8 Å². The number of carbonyl (C=O) groups is 3. The van der Waals surface area contributed by atoms with Crippen LogP contribution in [0.2, 0.25) is 0 Å². The first-order valence-corrected chi connectivity index (χ1v) is 8.09.